The fraction of sp³-hybridized carbons (Fsp3) is 0.333. The Hall–Kier alpha value is -2.50. The van der Waals surface area contributed by atoms with Gasteiger partial charge in [0, 0.05) is 17.8 Å². The summed E-state index contributed by atoms with van der Waals surface area (Å²) in [7, 11) is 0. The topological polar surface area (TPSA) is 85.7 Å². The maximum atomic E-state index is 8.72. The molecule has 1 aromatic carbocycles. The van der Waals surface area contributed by atoms with Gasteiger partial charge in [-0.3, -0.25) is 4.68 Å². The Morgan fingerprint density at radius 1 is 1.43 bits per heavy atom. The standard InChI is InChI=1S/C15H20N4O2/c1-10(2)19-7-6-13(17-19)9-21-14-8-12(15(16)18-20)5-4-11(14)3/h4-8,10,20H,9H2,1-3H3,(H2,16,18). The summed E-state index contributed by atoms with van der Waals surface area (Å²) < 4.78 is 7.67. The van der Waals surface area contributed by atoms with Crippen LogP contribution in [0.15, 0.2) is 35.6 Å². The molecule has 6 heteroatoms. The van der Waals surface area contributed by atoms with Gasteiger partial charge in [0.15, 0.2) is 5.84 Å². The van der Waals surface area contributed by atoms with Crippen molar-refractivity contribution in [2.45, 2.75) is 33.4 Å². The van der Waals surface area contributed by atoms with Gasteiger partial charge in [0.2, 0.25) is 0 Å². The highest BCUT2D eigenvalue weighted by Gasteiger charge is 2.07. The van der Waals surface area contributed by atoms with Crippen LogP contribution in [0.1, 0.15) is 36.7 Å². The molecule has 0 atom stereocenters. The molecule has 21 heavy (non-hydrogen) atoms. The Morgan fingerprint density at radius 3 is 2.81 bits per heavy atom. The Bertz CT molecular complexity index is 647. The second-order valence-electron chi connectivity index (χ2n) is 5.14. The molecule has 0 spiro atoms. The monoisotopic (exact) mass is 288 g/mol. The molecule has 112 valence electrons. The van der Waals surface area contributed by atoms with Crippen LogP contribution >= 0.6 is 0 Å². The Balaban J connectivity index is 2.11. The third-order valence-electron chi connectivity index (χ3n) is 3.16. The van der Waals surface area contributed by atoms with Crippen molar-refractivity contribution in [3.8, 4) is 5.75 Å². The van der Waals surface area contributed by atoms with Gasteiger partial charge in [0.1, 0.15) is 12.4 Å². The van der Waals surface area contributed by atoms with Gasteiger partial charge in [-0.15, -0.1) is 0 Å². The zero-order chi connectivity index (χ0) is 15.4. The van der Waals surface area contributed by atoms with E-state index in [1.807, 2.05) is 29.9 Å². The van der Waals surface area contributed by atoms with E-state index >= 15 is 0 Å². The van der Waals surface area contributed by atoms with Gasteiger partial charge in [0.05, 0.1) is 5.69 Å². The third kappa shape index (κ3) is 3.53. The quantitative estimate of drug-likeness (QED) is 0.383. The zero-order valence-corrected chi connectivity index (χ0v) is 12.4. The van der Waals surface area contributed by atoms with Crippen LogP contribution in [0, 0.1) is 6.92 Å². The molecule has 0 radical (unpaired) electrons. The third-order valence-corrected chi connectivity index (χ3v) is 3.16. The molecule has 1 heterocycles. The van der Waals surface area contributed by atoms with Crippen molar-refractivity contribution in [1.29, 1.82) is 0 Å². The fourth-order valence-electron chi connectivity index (χ4n) is 1.87. The van der Waals surface area contributed by atoms with Crippen molar-refractivity contribution >= 4 is 5.84 Å². The van der Waals surface area contributed by atoms with E-state index in [-0.39, 0.29) is 5.84 Å². The van der Waals surface area contributed by atoms with Crippen LogP contribution in [0.2, 0.25) is 0 Å². The summed E-state index contributed by atoms with van der Waals surface area (Å²) >= 11 is 0. The van der Waals surface area contributed by atoms with E-state index in [4.69, 9.17) is 15.7 Å². The second-order valence-corrected chi connectivity index (χ2v) is 5.14. The van der Waals surface area contributed by atoms with Crippen LogP contribution < -0.4 is 10.5 Å². The van der Waals surface area contributed by atoms with Crippen molar-refractivity contribution < 1.29 is 9.94 Å². The molecule has 0 fully saturated rings. The number of ether oxygens (including phenoxy) is 1. The molecule has 0 aliphatic heterocycles. The lowest BCUT2D eigenvalue weighted by Gasteiger charge is -2.10. The predicted molar refractivity (Wildman–Crippen MR) is 80.6 cm³/mol. The van der Waals surface area contributed by atoms with Gasteiger partial charge in [-0.1, -0.05) is 17.3 Å². The number of aromatic nitrogens is 2. The van der Waals surface area contributed by atoms with E-state index in [9.17, 15) is 0 Å². The molecule has 0 aliphatic carbocycles. The van der Waals surface area contributed by atoms with E-state index in [1.165, 1.54) is 0 Å². The average molecular weight is 288 g/mol. The minimum absolute atomic E-state index is 0.0592. The van der Waals surface area contributed by atoms with Crippen molar-refractivity contribution in [2.24, 2.45) is 10.9 Å². The first-order valence-corrected chi connectivity index (χ1v) is 6.76. The SMILES string of the molecule is Cc1ccc(/C(N)=N/O)cc1OCc1ccn(C(C)C)n1. The first-order chi connectivity index (χ1) is 10.0. The Labute approximate surface area is 123 Å². The number of oxime groups is 1. The first kappa shape index (κ1) is 14.9. The number of nitrogens with zero attached hydrogens (tertiary/aromatic N) is 3. The summed E-state index contributed by atoms with van der Waals surface area (Å²) in [6.45, 7) is 6.46. The smallest absolute Gasteiger partial charge is 0.170 e. The van der Waals surface area contributed by atoms with E-state index in [0.717, 1.165) is 11.3 Å². The molecule has 3 N–H and O–H groups in total. The molecule has 6 nitrogen and oxygen atoms in total. The first-order valence-electron chi connectivity index (χ1n) is 6.76. The van der Waals surface area contributed by atoms with Crippen LogP contribution in [0.3, 0.4) is 0 Å². The Kier molecular flexibility index (Phi) is 4.47. The summed E-state index contributed by atoms with van der Waals surface area (Å²) in [5.41, 5.74) is 8.04. The molecule has 0 saturated carbocycles. The van der Waals surface area contributed by atoms with E-state index in [1.54, 1.807) is 12.1 Å². The van der Waals surface area contributed by atoms with Gasteiger partial charge < -0.3 is 15.7 Å². The van der Waals surface area contributed by atoms with Crippen molar-refractivity contribution in [3.63, 3.8) is 0 Å². The summed E-state index contributed by atoms with van der Waals surface area (Å²) in [5, 5.41) is 16.1. The number of benzene rings is 1. The van der Waals surface area contributed by atoms with Gasteiger partial charge in [0.25, 0.3) is 0 Å². The van der Waals surface area contributed by atoms with E-state index < -0.39 is 0 Å². The zero-order valence-electron chi connectivity index (χ0n) is 12.4. The number of amidine groups is 1. The Morgan fingerprint density at radius 2 is 2.19 bits per heavy atom. The molecule has 0 amide bonds. The van der Waals surface area contributed by atoms with Crippen molar-refractivity contribution in [1.82, 2.24) is 9.78 Å². The second kappa shape index (κ2) is 6.30. The summed E-state index contributed by atoms with van der Waals surface area (Å²) in [6, 6.07) is 7.66. The molecule has 0 saturated heterocycles. The van der Waals surface area contributed by atoms with Gasteiger partial charge in [-0.2, -0.15) is 5.10 Å². The lowest BCUT2D eigenvalue weighted by molar-refractivity contribution is 0.296. The molecule has 2 rings (SSSR count). The fourth-order valence-corrected chi connectivity index (χ4v) is 1.87. The minimum Gasteiger partial charge on any atom is -0.487 e. The number of aryl methyl sites for hydroxylation is 1. The van der Waals surface area contributed by atoms with Crippen LogP contribution in [0.25, 0.3) is 0 Å². The van der Waals surface area contributed by atoms with Gasteiger partial charge in [-0.25, -0.2) is 0 Å². The minimum atomic E-state index is 0.0592. The average Bonchev–Trinajstić information content (AvgIpc) is 2.94. The normalized spacial score (nSPS) is 11.9. The maximum Gasteiger partial charge on any atom is 0.170 e. The molecule has 1 aromatic heterocycles. The summed E-state index contributed by atoms with van der Waals surface area (Å²) in [4.78, 5) is 0. The lowest BCUT2D eigenvalue weighted by atomic mass is 10.1. The van der Waals surface area contributed by atoms with Crippen LogP contribution in [0.4, 0.5) is 0 Å². The van der Waals surface area contributed by atoms with Crippen molar-refractivity contribution in [2.75, 3.05) is 0 Å². The molecule has 0 bridgehead atoms. The van der Waals surface area contributed by atoms with Crippen LogP contribution in [-0.2, 0) is 6.61 Å². The van der Waals surface area contributed by atoms with Crippen LogP contribution in [-0.4, -0.2) is 20.8 Å². The van der Waals surface area contributed by atoms with E-state index in [2.05, 4.69) is 24.1 Å². The molecular formula is C15H20N4O2. The number of nitrogens with two attached hydrogens (primary N) is 1. The number of rotatable bonds is 5. The lowest BCUT2D eigenvalue weighted by Crippen LogP contribution is -2.13. The van der Waals surface area contributed by atoms with Gasteiger partial charge >= 0.3 is 0 Å². The van der Waals surface area contributed by atoms with E-state index in [0.29, 0.717) is 24.0 Å². The highest BCUT2D eigenvalue weighted by Crippen LogP contribution is 2.20. The summed E-state index contributed by atoms with van der Waals surface area (Å²) in [6.07, 6.45) is 1.93. The summed E-state index contributed by atoms with van der Waals surface area (Å²) in [5.74, 6) is 0.752. The molecule has 0 aliphatic rings. The maximum absolute atomic E-state index is 8.72. The molecule has 0 unspecified atom stereocenters. The van der Waals surface area contributed by atoms with Gasteiger partial charge in [-0.05, 0) is 38.5 Å². The number of hydrogen-bond donors (Lipinski definition) is 2. The molecule has 2 aromatic rings. The predicted octanol–water partition coefficient (Wildman–Crippen LogP) is 2.45. The highest BCUT2D eigenvalue weighted by atomic mass is 16.5. The van der Waals surface area contributed by atoms with Crippen molar-refractivity contribution in [3.05, 3.63) is 47.3 Å². The molecular weight excluding hydrogens is 268 g/mol. The highest BCUT2D eigenvalue weighted by molar-refractivity contribution is 5.97. The van der Waals surface area contributed by atoms with Crippen LogP contribution in [0.5, 0.6) is 5.75 Å². The number of hydrogen-bond acceptors (Lipinski definition) is 4. The largest absolute Gasteiger partial charge is 0.487 e.